The minimum Gasteiger partial charge on any atom is -0.390 e. The Kier molecular flexibility index (Phi) is 3.80. The largest absolute Gasteiger partial charge is 0.390 e. The molecule has 5 heteroatoms. The molecule has 2 heterocycles. The summed E-state index contributed by atoms with van der Waals surface area (Å²) in [6.07, 6.45) is 2.90. The van der Waals surface area contributed by atoms with Crippen LogP contribution in [0, 0.1) is 0 Å². The highest BCUT2D eigenvalue weighted by atomic mass is 16.5. The second-order valence-electron chi connectivity index (χ2n) is 4.98. The summed E-state index contributed by atoms with van der Waals surface area (Å²) in [4.78, 5) is 0. The van der Waals surface area contributed by atoms with Crippen molar-refractivity contribution in [3.63, 3.8) is 0 Å². The molecule has 2 aromatic rings. The van der Waals surface area contributed by atoms with Crippen molar-refractivity contribution in [3.8, 4) is 5.69 Å². The molecule has 0 amide bonds. The maximum Gasteiger partial charge on any atom is 0.114 e. The highest BCUT2D eigenvalue weighted by Gasteiger charge is 2.27. The van der Waals surface area contributed by atoms with Gasteiger partial charge in [-0.1, -0.05) is 30.3 Å². The molecule has 0 radical (unpaired) electrons. The summed E-state index contributed by atoms with van der Waals surface area (Å²) in [6, 6.07) is 8.15. The van der Waals surface area contributed by atoms with Crippen LogP contribution in [0.1, 0.15) is 42.8 Å². The summed E-state index contributed by atoms with van der Waals surface area (Å²) in [5.41, 5.74) is 3.74. The van der Waals surface area contributed by atoms with Crippen molar-refractivity contribution < 1.29 is 9.84 Å². The number of nitrogens with zero attached hydrogens (tertiary/aromatic N) is 3. The van der Waals surface area contributed by atoms with Gasteiger partial charge in [-0.05, 0) is 30.9 Å². The molecule has 1 aliphatic heterocycles. The SMILES string of the molecule is CCc1ccccc1-n1nnc(CO)c1C1CCCO1. The first-order chi connectivity index (χ1) is 9.85. The van der Waals surface area contributed by atoms with Crippen LogP contribution in [-0.4, -0.2) is 26.7 Å². The topological polar surface area (TPSA) is 60.2 Å². The number of aliphatic hydroxyl groups excluding tert-OH is 1. The van der Waals surface area contributed by atoms with Crippen molar-refractivity contribution in [3.05, 3.63) is 41.2 Å². The van der Waals surface area contributed by atoms with E-state index in [1.165, 1.54) is 5.56 Å². The van der Waals surface area contributed by atoms with Gasteiger partial charge in [0.1, 0.15) is 11.8 Å². The molecule has 1 N–H and O–H groups in total. The van der Waals surface area contributed by atoms with E-state index in [9.17, 15) is 5.11 Å². The lowest BCUT2D eigenvalue weighted by Crippen LogP contribution is -2.10. The smallest absolute Gasteiger partial charge is 0.114 e. The minimum atomic E-state index is -0.108. The molecule has 1 fully saturated rings. The molecule has 1 aromatic heterocycles. The average Bonchev–Trinajstić information content (AvgIpc) is 3.15. The summed E-state index contributed by atoms with van der Waals surface area (Å²) in [7, 11) is 0. The molecule has 0 bridgehead atoms. The van der Waals surface area contributed by atoms with Gasteiger partial charge >= 0.3 is 0 Å². The van der Waals surface area contributed by atoms with E-state index >= 15 is 0 Å². The Hall–Kier alpha value is -1.72. The second-order valence-corrected chi connectivity index (χ2v) is 4.98. The van der Waals surface area contributed by atoms with Crippen LogP contribution in [0.5, 0.6) is 0 Å². The van der Waals surface area contributed by atoms with Crippen LogP contribution in [0.2, 0.25) is 0 Å². The Labute approximate surface area is 118 Å². The molecule has 1 aliphatic rings. The predicted octanol–water partition coefficient (Wildman–Crippen LogP) is 2.17. The van der Waals surface area contributed by atoms with Crippen molar-refractivity contribution in [1.82, 2.24) is 15.0 Å². The van der Waals surface area contributed by atoms with Gasteiger partial charge in [-0.25, -0.2) is 4.68 Å². The number of rotatable bonds is 4. The molecule has 1 unspecified atom stereocenters. The number of aromatic nitrogens is 3. The number of aryl methyl sites for hydroxylation is 1. The van der Waals surface area contributed by atoms with E-state index < -0.39 is 0 Å². The van der Waals surface area contributed by atoms with Gasteiger partial charge in [0.25, 0.3) is 0 Å². The maximum absolute atomic E-state index is 9.49. The van der Waals surface area contributed by atoms with E-state index in [-0.39, 0.29) is 12.7 Å². The van der Waals surface area contributed by atoms with Gasteiger partial charge in [0, 0.05) is 6.61 Å². The standard InChI is InChI=1S/C15H19N3O2/c1-2-11-6-3-4-7-13(11)18-15(12(10-19)16-17-18)14-8-5-9-20-14/h3-4,6-7,14,19H,2,5,8-10H2,1H3. The molecule has 1 saturated heterocycles. The van der Waals surface area contributed by atoms with Crippen molar-refractivity contribution in [2.24, 2.45) is 0 Å². The molecule has 3 rings (SSSR count). The molecule has 1 aromatic carbocycles. The number of ether oxygens (including phenoxy) is 1. The summed E-state index contributed by atoms with van der Waals surface area (Å²) >= 11 is 0. The van der Waals surface area contributed by atoms with E-state index in [0.717, 1.165) is 37.3 Å². The first-order valence-corrected chi connectivity index (χ1v) is 7.10. The molecule has 0 aliphatic carbocycles. The predicted molar refractivity (Wildman–Crippen MR) is 74.6 cm³/mol. The third-order valence-corrected chi connectivity index (χ3v) is 3.76. The van der Waals surface area contributed by atoms with Crippen LogP contribution >= 0.6 is 0 Å². The molecule has 5 nitrogen and oxygen atoms in total. The Balaban J connectivity index is 2.11. The Morgan fingerprint density at radius 2 is 2.25 bits per heavy atom. The number of hydrogen-bond donors (Lipinski definition) is 1. The first kappa shape index (κ1) is 13.3. The van der Waals surface area contributed by atoms with Gasteiger partial charge in [0.2, 0.25) is 0 Å². The van der Waals surface area contributed by atoms with Crippen molar-refractivity contribution in [1.29, 1.82) is 0 Å². The van der Waals surface area contributed by atoms with Gasteiger partial charge in [0.15, 0.2) is 0 Å². The highest BCUT2D eigenvalue weighted by molar-refractivity contribution is 5.42. The number of hydrogen-bond acceptors (Lipinski definition) is 4. The first-order valence-electron chi connectivity index (χ1n) is 7.10. The molecule has 1 atom stereocenters. The van der Waals surface area contributed by atoms with E-state index in [2.05, 4.69) is 23.3 Å². The van der Waals surface area contributed by atoms with E-state index in [1.54, 1.807) is 0 Å². The Morgan fingerprint density at radius 3 is 2.95 bits per heavy atom. The fourth-order valence-electron chi connectivity index (χ4n) is 2.74. The zero-order valence-electron chi connectivity index (χ0n) is 11.6. The van der Waals surface area contributed by atoms with Crippen LogP contribution in [0.4, 0.5) is 0 Å². The third-order valence-electron chi connectivity index (χ3n) is 3.76. The lowest BCUT2D eigenvalue weighted by molar-refractivity contribution is 0.104. The number of benzene rings is 1. The quantitative estimate of drug-likeness (QED) is 0.927. The Morgan fingerprint density at radius 1 is 1.40 bits per heavy atom. The minimum absolute atomic E-state index is 0.0166. The molecular weight excluding hydrogens is 254 g/mol. The lowest BCUT2D eigenvalue weighted by atomic mass is 10.1. The van der Waals surface area contributed by atoms with Gasteiger partial charge in [-0.3, -0.25) is 0 Å². The average molecular weight is 273 g/mol. The lowest BCUT2D eigenvalue weighted by Gasteiger charge is -2.15. The fraction of sp³-hybridized carbons (Fsp3) is 0.467. The van der Waals surface area contributed by atoms with Crippen LogP contribution in [0.3, 0.4) is 0 Å². The summed E-state index contributed by atoms with van der Waals surface area (Å²) in [5, 5.41) is 17.8. The van der Waals surface area contributed by atoms with Crippen LogP contribution in [-0.2, 0) is 17.8 Å². The fourth-order valence-corrected chi connectivity index (χ4v) is 2.74. The number of aliphatic hydroxyl groups is 1. The monoisotopic (exact) mass is 273 g/mol. The highest BCUT2D eigenvalue weighted by Crippen LogP contribution is 2.32. The van der Waals surface area contributed by atoms with Gasteiger partial charge in [0.05, 0.1) is 18.0 Å². The van der Waals surface area contributed by atoms with Gasteiger partial charge < -0.3 is 9.84 Å². The van der Waals surface area contributed by atoms with Gasteiger partial charge in [-0.2, -0.15) is 0 Å². The van der Waals surface area contributed by atoms with Crippen LogP contribution in [0.15, 0.2) is 24.3 Å². The van der Waals surface area contributed by atoms with E-state index in [4.69, 9.17) is 4.74 Å². The number of para-hydroxylation sites is 1. The van der Waals surface area contributed by atoms with Crippen LogP contribution in [0.25, 0.3) is 5.69 Å². The van der Waals surface area contributed by atoms with E-state index in [0.29, 0.717) is 5.69 Å². The van der Waals surface area contributed by atoms with Gasteiger partial charge in [-0.15, -0.1) is 5.10 Å². The second kappa shape index (κ2) is 5.73. The summed E-state index contributed by atoms with van der Waals surface area (Å²) in [5.74, 6) is 0. The summed E-state index contributed by atoms with van der Waals surface area (Å²) in [6.45, 7) is 2.77. The molecule has 106 valence electrons. The van der Waals surface area contributed by atoms with Crippen molar-refractivity contribution in [2.45, 2.75) is 38.9 Å². The maximum atomic E-state index is 9.49. The molecular formula is C15H19N3O2. The molecule has 0 spiro atoms. The van der Waals surface area contributed by atoms with Crippen LogP contribution < -0.4 is 0 Å². The Bertz CT molecular complexity index is 589. The van der Waals surface area contributed by atoms with Crippen molar-refractivity contribution >= 4 is 0 Å². The normalized spacial score (nSPS) is 18.6. The third kappa shape index (κ3) is 2.23. The molecule has 0 saturated carbocycles. The van der Waals surface area contributed by atoms with Crippen molar-refractivity contribution in [2.75, 3.05) is 6.61 Å². The zero-order chi connectivity index (χ0) is 13.9. The van der Waals surface area contributed by atoms with E-state index in [1.807, 2.05) is 22.9 Å². The summed E-state index contributed by atoms with van der Waals surface area (Å²) < 4.78 is 7.60. The molecule has 20 heavy (non-hydrogen) atoms. The zero-order valence-corrected chi connectivity index (χ0v) is 11.6.